The van der Waals surface area contributed by atoms with Crippen LogP contribution in [-0.4, -0.2) is 255 Å². The number of sulfone groups is 2. The van der Waals surface area contributed by atoms with Gasteiger partial charge in [0.15, 0.2) is 0 Å². The number of sulfonamides is 4. The van der Waals surface area contributed by atoms with Crippen LogP contribution in [0.15, 0.2) is 117 Å². The van der Waals surface area contributed by atoms with Crippen LogP contribution in [0.5, 0.6) is 0 Å². The summed E-state index contributed by atoms with van der Waals surface area (Å²) in [6.45, 7) is 0. The van der Waals surface area contributed by atoms with Gasteiger partial charge in [0.25, 0.3) is 40.1 Å². The Morgan fingerprint density at radius 2 is 0.408 bits per heavy atom. The summed E-state index contributed by atoms with van der Waals surface area (Å²) in [4.78, 5) is 43.1. The van der Waals surface area contributed by atoms with E-state index in [1.54, 1.807) is 0 Å². The van der Waals surface area contributed by atoms with E-state index >= 15 is 0 Å². The van der Waals surface area contributed by atoms with E-state index in [2.05, 4.69) is 0 Å². The SMILES string of the molecule is O=C([O-])[C@H]1O[C@H](S(=O)(=O)Nc2ccc(S(=O)(=O)c3ccc(NS(=O)(=O)[C@H]4O[C@H](C(=O)[O-])[C@@H](O)[C@H](O)[C@H]4O)cc3)cc2)[C@H](O)[C@@H](O)[C@@H]1O.O=C([O-])[C@H]1O[C@H](S(=O)(=O)Nc2ccc(S(=O)(=O)c3ccc(NS(=O)(=O)[C@H]4O[C@H](C(=O)[O-])[C@@H](O)[C@H](O)[C@H]4O)cc3)cc2)[C@H](O)[C@@H](O)[C@@H]1O.[Na+].[Na+].[Na+].[Na+]. The van der Waals surface area contributed by atoms with Crippen molar-refractivity contribution in [2.24, 2.45) is 0 Å². The molecular weight excluding hydrogens is 1490 g/mol. The number of carboxylic acid groups (broad SMARTS) is 4. The first kappa shape index (κ1) is 89.2. The smallest absolute Gasteiger partial charge is 0.547 e. The molecule has 98 heavy (non-hydrogen) atoms. The van der Waals surface area contributed by atoms with Gasteiger partial charge in [0.05, 0.1) is 43.5 Å². The summed E-state index contributed by atoms with van der Waals surface area (Å²) in [6.07, 6.45) is -36.1. The first-order chi connectivity index (χ1) is 43.4. The number of carbonyl (C=O) groups excluding carboxylic acids is 4. The van der Waals surface area contributed by atoms with Gasteiger partial charge < -0.3 is 120 Å². The predicted molar refractivity (Wildman–Crippen MR) is 294 cm³/mol. The zero-order valence-electron chi connectivity index (χ0n) is 50.4. The number of benzene rings is 4. The molecule has 50 heteroatoms. The fraction of sp³-hybridized carbons (Fsp3) is 0.417. The third kappa shape index (κ3) is 19.5. The zero-order chi connectivity index (χ0) is 70.4. The van der Waals surface area contributed by atoms with Crippen molar-refractivity contribution in [3.05, 3.63) is 97.1 Å². The van der Waals surface area contributed by atoms with Crippen molar-refractivity contribution in [3.8, 4) is 0 Å². The number of aliphatic carboxylic acids is 4. The van der Waals surface area contributed by atoms with Crippen molar-refractivity contribution >= 4 is 106 Å². The summed E-state index contributed by atoms with van der Waals surface area (Å²) in [5, 5.41) is 163. The Morgan fingerprint density at radius 3 is 0.541 bits per heavy atom. The molecule has 0 aliphatic carbocycles. The number of anilines is 4. The molecule has 0 aromatic heterocycles. The number of aliphatic hydroxyl groups is 12. The van der Waals surface area contributed by atoms with Gasteiger partial charge in [-0.05, 0) is 97.1 Å². The summed E-state index contributed by atoms with van der Waals surface area (Å²) >= 11 is 0. The molecule has 40 nitrogen and oxygen atoms in total. The predicted octanol–water partition coefficient (Wildman–Crippen LogP) is -25.7. The maximum absolute atomic E-state index is 13.1. The van der Waals surface area contributed by atoms with Crippen LogP contribution in [0.2, 0.25) is 0 Å². The van der Waals surface area contributed by atoms with Gasteiger partial charge in [0, 0.05) is 22.7 Å². The maximum atomic E-state index is 13.1. The van der Waals surface area contributed by atoms with Crippen LogP contribution in [0.25, 0.3) is 0 Å². The van der Waals surface area contributed by atoms with Crippen LogP contribution in [-0.2, 0) is 97.9 Å². The van der Waals surface area contributed by atoms with E-state index in [1.807, 2.05) is 18.9 Å². The molecule has 4 aliphatic rings. The number of carbonyl (C=O) groups is 4. The monoisotopic (exact) mass is 1540 g/mol. The molecule has 520 valence electrons. The van der Waals surface area contributed by atoms with E-state index in [4.69, 9.17) is 18.9 Å². The van der Waals surface area contributed by atoms with Crippen molar-refractivity contribution in [1.29, 1.82) is 0 Å². The second-order valence-corrected chi connectivity index (χ2v) is 31.5. The number of rotatable bonds is 20. The maximum Gasteiger partial charge on any atom is 1.00 e. The van der Waals surface area contributed by atoms with Crippen molar-refractivity contribution in [2.45, 2.75) is 139 Å². The average molecular weight is 1550 g/mol. The van der Waals surface area contributed by atoms with E-state index in [0.717, 1.165) is 97.1 Å². The Morgan fingerprint density at radius 1 is 0.265 bits per heavy atom. The third-order valence-electron chi connectivity index (χ3n) is 14.1. The van der Waals surface area contributed by atoms with Crippen LogP contribution in [0.1, 0.15) is 0 Å². The van der Waals surface area contributed by atoms with E-state index < -0.39 is 223 Å². The van der Waals surface area contributed by atoms with Crippen LogP contribution < -0.4 is 158 Å². The van der Waals surface area contributed by atoms with Gasteiger partial charge in [-0.25, -0.2) is 50.5 Å². The molecule has 0 bridgehead atoms. The molecule has 0 saturated carbocycles. The van der Waals surface area contributed by atoms with E-state index in [-0.39, 0.29) is 141 Å². The summed E-state index contributed by atoms with van der Waals surface area (Å²) in [5.74, 6) is -8.25. The quantitative estimate of drug-likeness (QED) is 0.0365. The third-order valence-corrected chi connectivity index (χ3v) is 23.8. The minimum atomic E-state index is -4.83. The molecule has 16 N–H and O–H groups in total. The Hall–Kier alpha value is -2.98. The van der Waals surface area contributed by atoms with E-state index in [9.17, 15) is 151 Å². The van der Waals surface area contributed by atoms with Gasteiger partial charge in [-0.1, -0.05) is 0 Å². The molecule has 8 rings (SSSR count). The number of carboxylic acids is 4. The zero-order valence-corrected chi connectivity index (χ0v) is 63.3. The van der Waals surface area contributed by atoms with Crippen molar-refractivity contribution < 1.29 is 289 Å². The van der Waals surface area contributed by atoms with Crippen LogP contribution in [0.4, 0.5) is 22.7 Å². The molecule has 4 saturated heterocycles. The molecule has 4 aliphatic heterocycles. The summed E-state index contributed by atoms with van der Waals surface area (Å²) in [7, 11) is -28.0. The van der Waals surface area contributed by atoms with Gasteiger partial charge in [-0.3, -0.25) is 18.9 Å². The molecule has 0 unspecified atom stereocenters. The Labute approximate surface area is 642 Å². The van der Waals surface area contributed by atoms with Crippen molar-refractivity contribution in [2.75, 3.05) is 18.9 Å². The van der Waals surface area contributed by atoms with Crippen LogP contribution >= 0.6 is 0 Å². The fourth-order valence-electron chi connectivity index (χ4n) is 9.17. The van der Waals surface area contributed by atoms with Crippen molar-refractivity contribution in [1.82, 2.24) is 0 Å². The number of nitrogens with one attached hydrogen (secondary N) is 4. The van der Waals surface area contributed by atoms with Gasteiger partial charge in [-0.2, -0.15) is 0 Å². The summed E-state index contributed by atoms with van der Waals surface area (Å²) < 4.78 is 181. The second kappa shape index (κ2) is 34.7. The van der Waals surface area contributed by atoms with Crippen LogP contribution in [0.3, 0.4) is 0 Å². The summed E-state index contributed by atoms with van der Waals surface area (Å²) in [6, 6.07) is 15.5. The minimum absolute atomic E-state index is 0. The van der Waals surface area contributed by atoms with Gasteiger partial charge in [0.2, 0.25) is 41.4 Å². The fourth-order valence-corrected chi connectivity index (χ4v) is 17.2. The number of ether oxygens (including phenoxy) is 4. The molecule has 4 aromatic rings. The van der Waals surface area contributed by atoms with Crippen molar-refractivity contribution in [3.63, 3.8) is 0 Å². The number of hydrogen-bond acceptors (Lipinski definition) is 36. The number of aliphatic hydroxyl groups excluding tert-OH is 12. The number of hydrogen-bond donors (Lipinski definition) is 16. The molecule has 20 atom stereocenters. The summed E-state index contributed by atoms with van der Waals surface area (Å²) in [5.41, 5.74) is -10.7. The van der Waals surface area contributed by atoms with Gasteiger partial charge in [-0.15, -0.1) is 0 Å². The minimum Gasteiger partial charge on any atom is -0.547 e. The van der Waals surface area contributed by atoms with Gasteiger partial charge in [0.1, 0.15) is 97.7 Å². The molecule has 4 aromatic carbocycles. The first-order valence-electron chi connectivity index (χ1n) is 26.0. The van der Waals surface area contributed by atoms with E-state index in [1.165, 1.54) is 0 Å². The molecule has 4 fully saturated rings. The molecular formula is C48H52N4Na4O36S6. The Balaban J connectivity index is 0.000000490. The molecule has 0 spiro atoms. The Kier molecular flexibility index (Phi) is 31.6. The molecule has 4 heterocycles. The average Bonchev–Trinajstić information content (AvgIpc) is 0.795. The second-order valence-electron chi connectivity index (χ2n) is 20.6. The standard InChI is InChI=1S/2C24H28N2O18S3.4Na/c2*27-13-15(29)19(21(33)34)43-23(17(13)31)46(39,40)25-9-1-5-11(6-2-9)45(37,38)12-7-3-10(4-8-12)26-47(41,42)24-18(32)14(28)16(30)20(44-24)22(35)36;;;;/h2*1-8,13-20,23-32H,(H,33,34)(H,35,36);;;;/q;;4*+1/p-4/t2*13-,14-,15-,16-,17+,18+,19-,20-,23+,24+;;;;/m00..../s1. The normalized spacial score (nSPS) is 30.6. The van der Waals surface area contributed by atoms with E-state index in [0.29, 0.717) is 0 Å². The largest absolute Gasteiger partial charge is 1.00 e. The van der Waals surface area contributed by atoms with Crippen LogP contribution in [0, 0.1) is 0 Å². The topological polar surface area (TPSA) is 693 Å². The van der Waals surface area contributed by atoms with Gasteiger partial charge >= 0.3 is 118 Å². The molecule has 0 amide bonds. The molecule has 0 radical (unpaired) electrons. The first-order valence-corrected chi connectivity index (χ1v) is 35.1. The Bertz CT molecular complexity index is 3680.